The van der Waals surface area contributed by atoms with Gasteiger partial charge in [-0.05, 0) is 29.7 Å². The van der Waals surface area contributed by atoms with Crippen LogP contribution in [-0.4, -0.2) is 40.4 Å². The first-order chi connectivity index (χ1) is 16.8. The molecule has 0 radical (unpaired) electrons. The predicted molar refractivity (Wildman–Crippen MR) is 134 cm³/mol. The number of hydrogen-bond acceptors (Lipinski definition) is 5. The van der Waals surface area contributed by atoms with Crippen LogP contribution in [0.25, 0.3) is 22.2 Å². The van der Waals surface area contributed by atoms with Gasteiger partial charge in [-0.3, -0.25) is 18.7 Å². The van der Waals surface area contributed by atoms with Gasteiger partial charge in [-0.1, -0.05) is 36.4 Å². The fraction of sp³-hybridized carbons (Fsp3) is 0.269. The summed E-state index contributed by atoms with van der Waals surface area (Å²) in [5.41, 5.74) is 2.41. The number of ether oxygens (including phenoxy) is 2. The summed E-state index contributed by atoms with van der Waals surface area (Å²) in [6.07, 6.45) is 2.39. The number of carbonyl (C=O) groups is 1. The molecule has 0 aliphatic heterocycles. The average molecular weight is 477 g/mol. The highest BCUT2D eigenvalue weighted by Crippen LogP contribution is 2.28. The first-order valence-corrected chi connectivity index (χ1v) is 11.2. The summed E-state index contributed by atoms with van der Waals surface area (Å²) in [6.45, 7) is 0.164. The molecule has 35 heavy (non-hydrogen) atoms. The summed E-state index contributed by atoms with van der Waals surface area (Å²) in [5.74, 6) is 0.929. The zero-order valence-corrected chi connectivity index (χ0v) is 20.2. The van der Waals surface area contributed by atoms with Crippen LogP contribution in [0.1, 0.15) is 5.56 Å². The second kappa shape index (κ2) is 9.92. The summed E-state index contributed by atoms with van der Waals surface area (Å²) in [7, 11) is 6.33. The van der Waals surface area contributed by atoms with E-state index in [9.17, 15) is 14.4 Å². The number of aromatic nitrogens is 3. The molecule has 2 aromatic heterocycles. The van der Waals surface area contributed by atoms with Crippen molar-refractivity contribution in [1.29, 1.82) is 0 Å². The molecule has 0 aliphatic rings. The number of benzene rings is 2. The molecule has 1 N–H and O–H groups in total. The lowest BCUT2D eigenvalue weighted by atomic mass is 10.1. The Kier molecular flexibility index (Phi) is 6.77. The van der Waals surface area contributed by atoms with Crippen LogP contribution in [0, 0.1) is 0 Å². The summed E-state index contributed by atoms with van der Waals surface area (Å²) >= 11 is 0. The average Bonchev–Trinajstić information content (AvgIpc) is 3.22. The molecule has 0 aliphatic carbocycles. The van der Waals surface area contributed by atoms with Gasteiger partial charge in [0.1, 0.15) is 12.1 Å². The van der Waals surface area contributed by atoms with Crippen LogP contribution < -0.4 is 26.0 Å². The quantitative estimate of drug-likeness (QED) is 0.420. The summed E-state index contributed by atoms with van der Waals surface area (Å²) in [6, 6.07) is 15.1. The van der Waals surface area contributed by atoms with E-state index in [-0.39, 0.29) is 12.5 Å². The molecule has 182 valence electrons. The fourth-order valence-corrected chi connectivity index (χ4v) is 4.22. The number of rotatable bonds is 8. The van der Waals surface area contributed by atoms with Crippen LogP contribution in [0.2, 0.25) is 0 Å². The Morgan fingerprint density at radius 3 is 2.34 bits per heavy atom. The third kappa shape index (κ3) is 4.57. The summed E-state index contributed by atoms with van der Waals surface area (Å²) in [5, 5.41) is 2.87. The number of nitrogens with one attached hydrogen (secondary N) is 1. The fourth-order valence-electron chi connectivity index (χ4n) is 4.22. The van der Waals surface area contributed by atoms with Crippen molar-refractivity contribution in [3.8, 4) is 22.6 Å². The molecule has 0 fully saturated rings. The largest absolute Gasteiger partial charge is 0.493 e. The van der Waals surface area contributed by atoms with Crippen molar-refractivity contribution >= 4 is 16.9 Å². The van der Waals surface area contributed by atoms with Gasteiger partial charge in [0.05, 0.1) is 19.7 Å². The van der Waals surface area contributed by atoms with Crippen molar-refractivity contribution in [2.45, 2.75) is 13.0 Å². The number of methoxy groups -OCH3 is 2. The van der Waals surface area contributed by atoms with Crippen molar-refractivity contribution in [2.75, 3.05) is 20.8 Å². The van der Waals surface area contributed by atoms with Crippen LogP contribution in [0.3, 0.4) is 0 Å². The third-order valence-electron chi connectivity index (χ3n) is 6.02. The van der Waals surface area contributed by atoms with Gasteiger partial charge in [0, 0.05) is 32.4 Å². The molecular weight excluding hydrogens is 448 g/mol. The predicted octanol–water partition coefficient (Wildman–Crippen LogP) is 2.08. The van der Waals surface area contributed by atoms with Crippen LogP contribution in [0.15, 0.2) is 64.3 Å². The van der Waals surface area contributed by atoms with Gasteiger partial charge >= 0.3 is 5.69 Å². The molecule has 0 spiro atoms. The number of hydrogen-bond donors (Lipinski definition) is 1. The smallest absolute Gasteiger partial charge is 0.331 e. The SMILES string of the molecule is COc1ccc(CCNC(=O)Cn2c(=O)n(C)c(=O)c3c2c(-c2ccccc2)cn3C)cc1OC. The van der Waals surface area contributed by atoms with Crippen molar-refractivity contribution in [3.63, 3.8) is 0 Å². The number of fused-ring (bicyclic) bond motifs is 1. The van der Waals surface area contributed by atoms with Crippen LogP contribution in [-0.2, 0) is 31.9 Å². The maximum absolute atomic E-state index is 13.1. The molecule has 4 rings (SSSR count). The second-order valence-electron chi connectivity index (χ2n) is 8.24. The summed E-state index contributed by atoms with van der Waals surface area (Å²) < 4.78 is 14.7. The molecular formula is C26H28N4O5. The molecule has 0 atom stereocenters. The van der Waals surface area contributed by atoms with Crippen LogP contribution in [0.5, 0.6) is 11.5 Å². The zero-order valence-electron chi connectivity index (χ0n) is 20.2. The number of nitrogens with zero attached hydrogens (tertiary/aromatic N) is 3. The molecule has 0 saturated carbocycles. The summed E-state index contributed by atoms with van der Waals surface area (Å²) in [4.78, 5) is 38.8. The van der Waals surface area contributed by atoms with Gasteiger partial charge in [-0.25, -0.2) is 4.79 Å². The van der Waals surface area contributed by atoms with Gasteiger partial charge in [0.15, 0.2) is 11.5 Å². The van der Waals surface area contributed by atoms with Crippen molar-refractivity contribution in [1.82, 2.24) is 19.0 Å². The molecule has 2 aromatic carbocycles. The van der Waals surface area contributed by atoms with Crippen molar-refractivity contribution in [2.24, 2.45) is 14.1 Å². The molecule has 0 bridgehead atoms. The Morgan fingerprint density at radius 2 is 1.66 bits per heavy atom. The molecule has 0 unspecified atom stereocenters. The van der Waals surface area contributed by atoms with Crippen molar-refractivity contribution in [3.05, 3.63) is 81.1 Å². The number of carbonyl (C=O) groups excluding carboxylic acids is 1. The van der Waals surface area contributed by atoms with Gasteiger partial charge in [-0.15, -0.1) is 0 Å². The molecule has 9 heteroatoms. The molecule has 0 saturated heterocycles. The Balaban J connectivity index is 1.61. The monoisotopic (exact) mass is 476 g/mol. The first-order valence-electron chi connectivity index (χ1n) is 11.2. The van der Waals surface area contributed by atoms with E-state index >= 15 is 0 Å². The Labute approximate surface area is 202 Å². The molecule has 2 heterocycles. The highest BCUT2D eigenvalue weighted by molar-refractivity contribution is 5.93. The molecule has 1 amide bonds. The highest BCUT2D eigenvalue weighted by atomic mass is 16.5. The van der Waals surface area contributed by atoms with E-state index in [1.54, 1.807) is 25.8 Å². The van der Waals surface area contributed by atoms with Gasteiger partial charge in [-0.2, -0.15) is 0 Å². The standard InChI is InChI=1S/C26H28N4O5/c1-28-15-19(18-8-6-5-7-9-18)23-24(28)25(32)29(2)26(33)30(23)16-22(31)27-13-12-17-10-11-20(34-3)21(14-17)35-4/h5-11,14-15H,12-13,16H2,1-4H3,(H,27,31). The van der Waals surface area contributed by atoms with Gasteiger partial charge in [0.25, 0.3) is 5.56 Å². The van der Waals surface area contributed by atoms with E-state index in [1.165, 1.54) is 11.6 Å². The Morgan fingerprint density at radius 1 is 0.943 bits per heavy atom. The van der Waals surface area contributed by atoms with E-state index in [4.69, 9.17) is 9.47 Å². The Bertz CT molecular complexity index is 1500. The third-order valence-corrected chi connectivity index (χ3v) is 6.02. The van der Waals surface area contributed by atoms with E-state index in [1.807, 2.05) is 54.7 Å². The zero-order chi connectivity index (χ0) is 25.1. The number of aryl methyl sites for hydroxylation is 1. The minimum atomic E-state index is -0.541. The lowest BCUT2D eigenvalue weighted by Crippen LogP contribution is -2.41. The maximum atomic E-state index is 13.1. The first kappa shape index (κ1) is 23.9. The lowest BCUT2D eigenvalue weighted by Gasteiger charge is -2.13. The van der Waals surface area contributed by atoms with E-state index in [0.29, 0.717) is 35.5 Å². The maximum Gasteiger partial charge on any atom is 0.331 e. The minimum Gasteiger partial charge on any atom is -0.493 e. The minimum absolute atomic E-state index is 0.209. The highest BCUT2D eigenvalue weighted by Gasteiger charge is 2.20. The lowest BCUT2D eigenvalue weighted by molar-refractivity contribution is -0.121. The molecule has 4 aromatic rings. The van der Waals surface area contributed by atoms with E-state index in [2.05, 4.69) is 5.32 Å². The van der Waals surface area contributed by atoms with Crippen LogP contribution >= 0.6 is 0 Å². The van der Waals surface area contributed by atoms with Crippen LogP contribution in [0.4, 0.5) is 0 Å². The van der Waals surface area contributed by atoms with Gasteiger partial charge < -0.3 is 19.4 Å². The topological polar surface area (TPSA) is 96.5 Å². The van der Waals surface area contributed by atoms with Crippen molar-refractivity contribution < 1.29 is 14.3 Å². The van der Waals surface area contributed by atoms with Gasteiger partial charge in [0.2, 0.25) is 5.91 Å². The number of amides is 1. The van der Waals surface area contributed by atoms with E-state index in [0.717, 1.165) is 21.3 Å². The Hall–Kier alpha value is -4.27. The van der Waals surface area contributed by atoms with E-state index < -0.39 is 11.2 Å². The normalized spacial score (nSPS) is 11.0. The second-order valence-corrected chi connectivity index (χ2v) is 8.24. The molecule has 9 nitrogen and oxygen atoms in total.